The number of fused-ring (bicyclic) bond motifs is 1. The van der Waals surface area contributed by atoms with Crippen LogP contribution >= 0.6 is 0 Å². The van der Waals surface area contributed by atoms with Gasteiger partial charge in [-0.15, -0.1) is 0 Å². The second-order valence-corrected chi connectivity index (χ2v) is 2.88. The fourth-order valence-corrected chi connectivity index (χ4v) is 1.19. The van der Waals surface area contributed by atoms with E-state index in [1.807, 2.05) is 24.3 Å². The molecule has 1 aromatic heterocycles. The molecule has 0 N–H and O–H groups in total. The molecule has 0 saturated carbocycles. The molecule has 5 heteroatoms. The predicted octanol–water partition coefficient (Wildman–Crippen LogP) is 1.88. The molecule has 0 spiro atoms. The van der Waals surface area contributed by atoms with Crippen molar-refractivity contribution in [1.82, 2.24) is 9.97 Å². The third-order valence-corrected chi connectivity index (χ3v) is 1.83. The third kappa shape index (κ3) is 2.14. The maximum atomic E-state index is 10.1. The summed E-state index contributed by atoms with van der Waals surface area (Å²) in [5.74, 6) is 0. The van der Waals surface area contributed by atoms with Gasteiger partial charge in [0.25, 0.3) is 0 Å². The van der Waals surface area contributed by atoms with Gasteiger partial charge >= 0.3 is 0 Å². The van der Waals surface area contributed by atoms with Crippen LogP contribution in [-0.2, 0) is 0 Å². The van der Waals surface area contributed by atoms with Gasteiger partial charge in [-0.25, -0.2) is 4.98 Å². The highest BCUT2D eigenvalue weighted by atomic mass is 16.6. The van der Waals surface area contributed by atoms with Crippen LogP contribution in [0.2, 0.25) is 0 Å². The minimum atomic E-state index is -0.531. The van der Waals surface area contributed by atoms with Crippen LogP contribution in [0.3, 0.4) is 0 Å². The lowest BCUT2D eigenvalue weighted by Crippen LogP contribution is -1.88. The Bertz CT molecular complexity index is 537. The van der Waals surface area contributed by atoms with Gasteiger partial charge in [0.15, 0.2) is 0 Å². The van der Waals surface area contributed by atoms with Gasteiger partial charge in [0.1, 0.15) is 0 Å². The van der Waals surface area contributed by atoms with Crippen molar-refractivity contribution in [3.8, 4) is 0 Å². The highest BCUT2D eigenvalue weighted by molar-refractivity contribution is 5.74. The van der Waals surface area contributed by atoms with E-state index in [1.165, 1.54) is 12.3 Å². The standard InChI is InChI=1S/C10H7N3O2/c14-13(15)6-5-8-7-11-9-3-1-2-4-10(9)12-8/h1-7H/b6-5+. The Morgan fingerprint density at radius 1 is 1.27 bits per heavy atom. The molecule has 1 heterocycles. The van der Waals surface area contributed by atoms with E-state index in [2.05, 4.69) is 9.97 Å². The van der Waals surface area contributed by atoms with Crippen molar-refractivity contribution >= 4 is 17.1 Å². The Kier molecular flexibility index (Phi) is 2.37. The highest BCUT2D eigenvalue weighted by Gasteiger charge is 1.96. The lowest BCUT2D eigenvalue weighted by atomic mass is 10.3. The lowest BCUT2D eigenvalue weighted by molar-refractivity contribution is -0.401. The van der Waals surface area contributed by atoms with Crippen molar-refractivity contribution < 1.29 is 4.92 Å². The Morgan fingerprint density at radius 3 is 2.73 bits per heavy atom. The number of hydrogen-bond donors (Lipinski definition) is 0. The number of para-hydroxylation sites is 2. The first-order chi connectivity index (χ1) is 7.25. The molecule has 0 atom stereocenters. The average Bonchev–Trinajstić information content (AvgIpc) is 2.26. The van der Waals surface area contributed by atoms with Gasteiger partial charge in [0.2, 0.25) is 6.20 Å². The molecule has 0 saturated heterocycles. The smallest absolute Gasteiger partial charge is 0.236 e. The Labute approximate surface area is 85.2 Å². The second kappa shape index (κ2) is 3.83. The van der Waals surface area contributed by atoms with Gasteiger partial charge < -0.3 is 0 Å². The van der Waals surface area contributed by atoms with Crippen LogP contribution in [0.1, 0.15) is 5.69 Å². The zero-order valence-electron chi connectivity index (χ0n) is 7.70. The molecule has 0 aliphatic carbocycles. The number of rotatable bonds is 2. The molecular formula is C10H7N3O2. The molecule has 74 valence electrons. The largest absolute Gasteiger partial charge is 0.259 e. The zero-order valence-corrected chi connectivity index (χ0v) is 7.70. The SMILES string of the molecule is O=[N+]([O-])/C=C/c1cnc2ccccc2n1. The average molecular weight is 201 g/mol. The van der Waals surface area contributed by atoms with E-state index in [4.69, 9.17) is 0 Å². The summed E-state index contributed by atoms with van der Waals surface area (Å²) < 4.78 is 0. The van der Waals surface area contributed by atoms with Crippen LogP contribution < -0.4 is 0 Å². The first-order valence-electron chi connectivity index (χ1n) is 4.29. The molecular weight excluding hydrogens is 194 g/mol. The Hall–Kier alpha value is -2.30. The summed E-state index contributed by atoms with van der Waals surface area (Å²) in [6.07, 6.45) is 3.67. The molecule has 5 nitrogen and oxygen atoms in total. The van der Waals surface area contributed by atoms with Gasteiger partial charge in [-0.2, -0.15) is 0 Å². The van der Waals surface area contributed by atoms with E-state index in [1.54, 1.807) is 0 Å². The summed E-state index contributed by atoms with van der Waals surface area (Å²) >= 11 is 0. The second-order valence-electron chi connectivity index (χ2n) is 2.88. The highest BCUT2D eigenvalue weighted by Crippen LogP contribution is 2.08. The molecule has 0 amide bonds. The van der Waals surface area contributed by atoms with Gasteiger partial charge in [-0.1, -0.05) is 12.1 Å². The molecule has 2 aromatic rings. The zero-order chi connectivity index (χ0) is 10.7. The first-order valence-corrected chi connectivity index (χ1v) is 4.29. The van der Waals surface area contributed by atoms with Crippen LogP contribution in [0.4, 0.5) is 0 Å². The molecule has 1 aromatic carbocycles. The van der Waals surface area contributed by atoms with Crippen molar-refractivity contribution in [2.24, 2.45) is 0 Å². The van der Waals surface area contributed by atoms with Crippen LogP contribution in [0.15, 0.2) is 36.7 Å². The summed E-state index contributed by atoms with van der Waals surface area (Å²) in [7, 11) is 0. The van der Waals surface area contributed by atoms with Crippen molar-refractivity contribution in [2.75, 3.05) is 0 Å². The van der Waals surface area contributed by atoms with Crippen LogP contribution in [0.5, 0.6) is 0 Å². The van der Waals surface area contributed by atoms with E-state index < -0.39 is 4.92 Å². The van der Waals surface area contributed by atoms with Crippen molar-refractivity contribution in [3.63, 3.8) is 0 Å². The topological polar surface area (TPSA) is 68.9 Å². The van der Waals surface area contributed by atoms with Crippen LogP contribution in [-0.4, -0.2) is 14.9 Å². The molecule has 0 aliphatic heterocycles. The summed E-state index contributed by atoms with van der Waals surface area (Å²) in [5.41, 5.74) is 1.98. The maximum absolute atomic E-state index is 10.1. The fraction of sp³-hybridized carbons (Fsp3) is 0. The summed E-state index contributed by atoms with van der Waals surface area (Å²) in [5, 5.41) is 10.1. The minimum absolute atomic E-state index is 0.477. The van der Waals surface area contributed by atoms with Gasteiger partial charge in [0.05, 0.1) is 27.8 Å². The quantitative estimate of drug-likeness (QED) is 0.549. The molecule has 2 rings (SSSR count). The van der Waals surface area contributed by atoms with Gasteiger partial charge in [-0.05, 0) is 12.1 Å². The van der Waals surface area contributed by atoms with E-state index >= 15 is 0 Å². The minimum Gasteiger partial charge on any atom is -0.259 e. The molecule has 0 bridgehead atoms. The predicted molar refractivity (Wildman–Crippen MR) is 55.6 cm³/mol. The first kappa shape index (κ1) is 9.26. The number of nitro groups is 1. The summed E-state index contributed by atoms with van der Waals surface area (Å²) in [6, 6.07) is 7.36. The molecule has 0 fully saturated rings. The number of benzene rings is 1. The third-order valence-electron chi connectivity index (χ3n) is 1.83. The maximum Gasteiger partial charge on any atom is 0.236 e. The van der Waals surface area contributed by atoms with Crippen LogP contribution in [0.25, 0.3) is 17.1 Å². The van der Waals surface area contributed by atoms with Crippen molar-refractivity contribution in [3.05, 3.63) is 52.5 Å². The Morgan fingerprint density at radius 2 is 2.00 bits per heavy atom. The molecule has 0 radical (unpaired) electrons. The number of aromatic nitrogens is 2. The number of nitrogens with zero attached hydrogens (tertiary/aromatic N) is 3. The molecule has 15 heavy (non-hydrogen) atoms. The van der Waals surface area contributed by atoms with Crippen molar-refractivity contribution in [1.29, 1.82) is 0 Å². The van der Waals surface area contributed by atoms with E-state index in [0.29, 0.717) is 5.69 Å². The van der Waals surface area contributed by atoms with E-state index in [0.717, 1.165) is 17.2 Å². The molecule has 0 aliphatic rings. The summed E-state index contributed by atoms with van der Waals surface area (Å²) in [4.78, 5) is 17.9. The fourth-order valence-electron chi connectivity index (χ4n) is 1.19. The van der Waals surface area contributed by atoms with E-state index in [9.17, 15) is 10.1 Å². The van der Waals surface area contributed by atoms with Crippen molar-refractivity contribution in [2.45, 2.75) is 0 Å². The molecule has 0 unspecified atom stereocenters. The van der Waals surface area contributed by atoms with Crippen LogP contribution in [0, 0.1) is 10.1 Å². The monoisotopic (exact) mass is 201 g/mol. The van der Waals surface area contributed by atoms with Gasteiger partial charge in [-0.3, -0.25) is 15.1 Å². The normalized spacial score (nSPS) is 10.9. The lowest BCUT2D eigenvalue weighted by Gasteiger charge is -1.95. The number of hydrogen-bond acceptors (Lipinski definition) is 4. The van der Waals surface area contributed by atoms with E-state index in [-0.39, 0.29) is 0 Å². The summed E-state index contributed by atoms with van der Waals surface area (Å²) in [6.45, 7) is 0. The Balaban J connectivity index is 2.43. The van der Waals surface area contributed by atoms with Gasteiger partial charge in [0, 0.05) is 6.08 Å².